The third-order valence-corrected chi connectivity index (χ3v) is 2.44. The Balaban J connectivity index is 1.58. The lowest BCUT2D eigenvalue weighted by Gasteiger charge is -2.08. The Labute approximate surface area is 107 Å². The molecule has 98 valence electrons. The van der Waals surface area contributed by atoms with Crippen molar-refractivity contribution in [1.29, 1.82) is 0 Å². The molecule has 2 heterocycles. The second-order valence-electron chi connectivity index (χ2n) is 3.77. The molecule has 7 nitrogen and oxygen atoms in total. The van der Waals surface area contributed by atoms with Crippen molar-refractivity contribution in [3.05, 3.63) is 41.8 Å². The van der Waals surface area contributed by atoms with Crippen LogP contribution in [0.5, 0.6) is 11.5 Å². The van der Waals surface area contributed by atoms with Gasteiger partial charge >= 0.3 is 12.4 Å². The molecule has 0 bridgehead atoms. The van der Waals surface area contributed by atoms with Crippen LogP contribution in [0.3, 0.4) is 0 Å². The van der Waals surface area contributed by atoms with Crippen molar-refractivity contribution in [3.8, 4) is 11.5 Å². The van der Waals surface area contributed by atoms with Gasteiger partial charge < -0.3 is 23.8 Å². The summed E-state index contributed by atoms with van der Waals surface area (Å²) >= 11 is 0. The number of rotatable bonds is 4. The van der Waals surface area contributed by atoms with E-state index >= 15 is 0 Å². The highest BCUT2D eigenvalue weighted by molar-refractivity contribution is 5.85. The topological polar surface area (TPSA) is 91.0 Å². The Bertz CT molecular complexity index is 583. The van der Waals surface area contributed by atoms with Gasteiger partial charge in [-0.15, -0.1) is 0 Å². The van der Waals surface area contributed by atoms with E-state index in [0.717, 1.165) is 0 Å². The van der Waals surface area contributed by atoms with Crippen molar-refractivity contribution in [2.45, 2.75) is 13.1 Å². The molecular weight excluding hydrogens is 254 g/mol. The number of aromatic nitrogens is 1. The molecule has 1 N–H and O–H groups in total. The molecular formula is C12H9NO6. The van der Waals surface area contributed by atoms with Crippen LogP contribution in [-0.2, 0) is 11.3 Å². The van der Waals surface area contributed by atoms with E-state index in [-0.39, 0.29) is 18.1 Å². The second kappa shape index (κ2) is 4.62. The van der Waals surface area contributed by atoms with Gasteiger partial charge in [0, 0.05) is 6.07 Å². The molecule has 2 aromatic rings. The molecule has 0 radical (unpaired) electrons. The van der Waals surface area contributed by atoms with Gasteiger partial charge in [0.25, 0.3) is 0 Å². The predicted molar refractivity (Wildman–Crippen MR) is 59.7 cm³/mol. The Morgan fingerprint density at radius 2 is 2.00 bits per heavy atom. The zero-order valence-corrected chi connectivity index (χ0v) is 9.61. The molecule has 0 spiro atoms. The highest BCUT2D eigenvalue weighted by atomic mass is 16.9. The van der Waals surface area contributed by atoms with Gasteiger partial charge in [-0.1, -0.05) is 17.3 Å². The number of fused-ring (bicyclic) bond motifs is 1. The average molecular weight is 263 g/mol. The van der Waals surface area contributed by atoms with Crippen molar-refractivity contribution in [3.63, 3.8) is 0 Å². The van der Waals surface area contributed by atoms with E-state index in [2.05, 4.69) is 5.16 Å². The summed E-state index contributed by atoms with van der Waals surface area (Å²) in [5.41, 5.74) is -0.171. The van der Waals surface area contributed by atoms with Crippen LogP contribution in [0.4, 0.5) is 0 Å². The number of hydrogen-bond acceptors (Lipinski definition) is 6. The number of benzene rings is 1. The standard InChI is InChI=1S/C12H9NO6/c14-11(15)8-5-7(19-13-8)6-16-12-17-9-3-1-2-4-10(9)18-12/h1-5,12H,6H2,(H,14,15). The van der Waals surface area contributed by atoms with Crippen molar-refractivity contribution >= 4 is 5.97 Å². The molecule has 0 unspecified atom stereocenters. The number of para-hydroxylation sites is 2. The van der Waals surface area contributed by atoms with E-state index < -0.39 is 12.4 Å². The van der Waals surface area contributed by atoms with Crippen LogP contribution in [0.15, 0.2) is 34.9 Å². The first kappa shape index (κ1) is 11.5. The Morgan fingerprint density at radius 1 is 1.32 bits per heavy atom. The van der Waals surface area contributed by atoms with Gasteiger partial charge in [-0.2, -0.15) is 0 Å². The number of ether oxygens (including phenoxy) is 3. The fraction of sp³-hybridized carbons (Fsp3) is 0.167. The third-order valence-electron chi connectivity index (χ3n) is 2.44. The first-order chi connectivity index (χ1) is 9.22. The molecule has 0 saturated heterocycles. The van der Waals surface area contributed by atoms with Gasteiger partial charge in [-0.25, -0.2) is 4.79 Å². The number of carbonyl (C=O) groups is 1. The highest BCUT2D eigenvalue weighted by Crippen LogP contribution is 2.34. The number of aromatic carboxylic acids is 1. The van der Waals surface area contributed by atoms with Gasteiger partial charge in [0.1, 0.15) is 6.61 Å². The fourth-order valence-electron chi connectivity index (χ4n) is 1.58. The lowest BCUT2D eigenvalue weighted by molar-refractivity contribution is -0.187. The zero-order chi connectivity index (χ0) is 13.2. The molecule has 7 heteroatoms. The second-order valence-corrected chi connectivity index (χ2v) is 3.77. The molecule has 19 heavy (non-hydrogen) atoms. The minimum absolute atomic E-state index is 0.00106. The van der Waals surface area contributed by atoms with Crippen LogP contribution >= 0.6 is 0 Å². The van der Waals surface area contributed by atoms with Gasteiger partial charge in [0.15, 0.2) is 23.0 Å². The SMILES string of the molecule is O=C(O)c1cc(COC2Oc3ccccc3O2)on1. The maximum absolute atomic E-state index is 10.6. The highest BCUT2D eigenvalue weighted by Gasteiger charge is 2.24. The first-order valence-electron chi connectivity index (χ1n) is 5.45. The van der Waals surface area contributed by atoms with Crippen LogP contribution in [-0.4, -0.2) is 22.7 Å². The zero-order valence-electron chi connectivity index (χ0n) is 9.61. The number of hydrogen-bond donors (Lipinski definition) is 1. The smallest absolute Gasteiger partial charge is 0.361 e. The molecule has 3 rings (SSSR count). The number of carboxylic acids is 1. The Morgan fingerprint density at radius 3 is 2.58 bits per heavy atom. The van der Waals surface area contributed by atoms with E-state index in [1.54, 1.807) is 12.1 Å². The fourth-order valence-corrected chi connectivity index (χ4v) is 1.58. The van der Waals surface area contributed by atoms with E-state index in [0.29, 0.717) is 11.5 Å². The third kappa shape index (κ3) is 2.36. The summed E-state index contributed by atoms with van der Waals surface area (Å²) in [6.07, 6.45) is 0. The summed E-state index contributed by atoms with van der Waals surface area (Å²) in [5.74, 6) is 0.309. The van der Waals surface area contributed by atoms with Crippen LogP contribution in [0, 0.1) is 0 Å². The van der Waals surface area contributed by atoms with E-state index in [1.165, 1.54) is 6.07 Å². The van der Waals surface area contributed by atoms with Crippen LogP contribution in [0.2, 0.25) is 0 Å². The first-order valence-corrected chi connectivity index (χ1v) is 5.45. The largest absolute Gasteiger partial charge is 0.476 e. The molecule has 0 amide bonds. The van der Waals surface area contributed by atoms with Gasteiger partial charge in [0.05, 0.1) is 0 Å². The molecule has 0 fully saturated rings. The number of carboxylic acid groups (broad SMARTS) is 1. The lowest BCUT2D eigenvalue weighted by atomic mass is 10.3. The predicted octanol–water partition coefficient (Wildman–Crippen LogP) is 1.64. The van der Waals surface area contributed by atoms with Crippen LogP contribution < -0.4 is 9.47 Å². The molecule has 1 aliphatic heterocycles. The summed E-state index contributed by atoms with van der Waals surface area (Å²) in [6, 6.07) is 8.44. The maximum Gasteiger partial charge on any atom is 0.361 e. The monoisotopic (exact) mass is 263 g/mol. The maximum atomic E-state index is 10.6. The van der Waals surface area contributed by atoms with E-state index in [9.17, 15) is 4.79 Å². The normalized spacial score (nSPS) is 13.7. The summed E-state index contributed by atoms with van der Waals surface area (Å²) in [6.45, 7) is -0.880. The van der Waals surface area contributed by atoms with Crippen molar-refractivity contribution in [2.75, 3.05) is 0 Å². The van der Waals surface area contributed by atoms with Crippen molar-refractivity contribution in [2.24, 2.45) is 0 Å². The van der Waals surface area contributed by atoms with Crippen molar-refractivity contribution < 1.29 is 28.6 Å². The summed E-state index contributed by atoms with van der Waals surface area (Å²) in [7, 11) is 0. The van der Waals surface area contributed by atoms with Gasteiger partial charge in [-0.05, 0) is 12.1 Å². The van der Waals surface area contributed by atoms with Crippen LogP contribution in [0.25, 0.3) is 0 Å². The summed E-state index contributed by atoms with van der Waals surface area (Å²) in [4.78, 5) is 10.6. The molecule has 0 aliphatic carbocycles. The van der Waals surface area contributed by atoms with Gasteiger partial charge in [-0.3, -0.25) is 0 Å². The minimum atomic E-state index is -1.16. The minimum Gasteiger partial charge on any atom is -0.476 e. The molecule has 1 aromatic heterocycles. The molecule has 1 aliphatic rings. The Hall–Kier alpha value is -2.54. The molecule has 1 aromatic carbocycles. The Kier molecular flexibility index (Phi) is 2.81. The average Bonchev–Trinajstić information content (AvgIpc) is 3.02. The summed E-state index contributed by atoms with van der Waals surface area (Å²) in [5, 5.41) is 12.0. The lowest BCUT2D eigenvalue weighted by Crippen LogP contribution is -2.21. The summed E-state index contributed by atoms with van der Waals surface area (Å²) < 4.78 is 20.8. The van der Waals surface area contributed by atoms with E-state index in [4.69, 9.17) is 23.8 Å². The quantitative estimate of drug-likeness (QED) is 0.896. The molecule has 0 saturated carbocycles. The molecule has 0 atom stereocenters. The van der Waals surface area contributed by atoms with Crippen molar-refractivity contribution in [1.82, 2.24) is 5.16 Å². The van der Waals surface area contributed by atoms with Gasteiger partial charge in [0.2, 0.25) is 0 Å². The number of nitrogens with zero attached hydrogens (tertiary/aromatic N) is 1. The van der Waals surface area contributed by atoms with Crippen LogP contribution in [0.1, 0.15) is 16.2 Å². The van der Waals surface area contributed by atoms with E-state index in [1.807, 2.05) is 12.1 Å².